The highest BCUT2D eigenvalue weighted by Crippen LogP contribution is 2.26. The minimum atomic E-state index is -3.78. The molecular formula is C23H33FN4O4S. The first-order valence-corrected chi connectivity index (χ1v) is 13.4. The maximum absolute atomic E-state index is 13.2. The number of benzene rings is 1. The van der Waals surface area contributed by atoms with Gasteiger partial charge in [0.15, 0.2) is 0 Å². The second kappa shape index (κ2) is 10.4. The molecule has 182 valence electrons. The summed E-state index contributed by atoms with van der Waals surface area (Å²) in [6.07, 6.45) is 6.84. The monoisotopic (exact) mass is 480 g/mol. The minimum Gasteiger partial charge on any atom is -0.339 e. The van der Waals surface area contributed by atoms with Crippen LogP contribution in [0.4, 0.5) is 9.18 Å². The van der Waals surface area contributed by atoms with Crippen molar-refractivity contribution in [3.63, 3.8) is 0 Å². The number of amides is 3. The van der Waals surface area contributed by atoms with Gasteiger partial charge in [0, 0.05) is 45.3 Å². The molecule has 0 aromatic heterocycles. The van der Waals surface area contributed by atoms with Gasteiger partial charge >= 0.3 is 6.03 Å². The number of urea groups is 1. The van der Waals surface area contributed by atoms with Crippen LogP contribution in [0.25, 0.3) is 0 Å². The Hall–Kier alpha value is -2.20. The molecule has 0 radical (unpaired) electrons. The topological polar surface area (TPSA) is 90.0 Å². The van der Waals surface area contributed by atoms with Gasteiger partial charge in [0.1, 0.15) is 5.82 Å². The Bertz CT molecular complexity index is 942. The van der Waals surface area contributed by atoms with E-state index < -0.39 is 21.8 Å². The van der Waals surface area contributed by atoms with Gasteiger partial charge in [-0.25, -0.2) is 17.6 Å². The van der Waals surface area contributed by atoms with Gasteiger partial charge in [-0.15, -0.1) is 0 Å². The van der Waals surface area contributed by atoms with E-state index >= 15 is 0 Å². The van der Waals surface area contributed by atoms with E-state index in [1.54, 1.807) is 9.80 Å². The zero-order chi connectivity index (χ0) is 23.4. The SMILES string of the molecule is O=C(NC1CCCCC1)N1CCN(C(=O)C2CCCN(S(=O)(=O)c3ccc(F)cc3)C2)CC1. The fourth-order valence-electron chi connectivity index (χ4n) is 5.02. The van der Waals surface area contributed by atoms with E-state index in [2.05, 4.69) is 5.32 Å². The number of sulfonamides is 1. The Balaban J connectivity index is 1.30. The molecule has 3 amide bonds. The summed E-state index contributed by atoms with van der Waals surface area (Å²) < 4.78 is 40.4. The molecule has 1 atom stereocenters. The molecule has 3 fully saturated rings. The highest BCUT2D eigenvalue weighted by molar-refractivity contribution is 7.89. The molecule has 4 rings (SSSR count). The summed E-state index contributed by atoms with van der Waals surface area (Å²) in [5.41, 5.74) is 0. The zero-order valence-electron chi connectivity index (χ0n) is 18.9. The molecule has 1 aliphatic carbocycles. The Morgan fingerprint density at radius 1 is 0.848 bits per heavy atom. The molecule has 33 heavy (non-hydrogen) atoms. The van der Waals surface area contributed by atoms with Crippen molar-refractivity contribution in [1.29, 1.82) is 0 Å². The Morgan fingerprint density at radius 2 is 1.48 bits per heavy atom. The number of nitrogens with one attached hydrogen (secondary N) is 1. The molecule has 1 aromatic rings. The Morgan fingerprint density at radius 3 is 2.15 bits per heavy atom. The number of hydrogen-bond acceptors (Lipinski definition) is 4. The predicted molar refractivity (Wildman–Crippen MR) is 121 cm³/mol. The third kappa shape index (κ3) is 5.66. The van der Waals surface area contributed by atoms with E-state index in [1.165, 1.54) is 22.9 Å². The summed E-state index contributed by atoms with van der Waals surface area (Å²) >= 11 is 0. The number of carbonyl (C=O) groups is 2. The quantitative estimate of drug-likeness (QED) is 0.717. The van der Waals surface area contributed by atoms with Crippen molar-refractivity contribution in [2.75, 3.05) is 39.3 Å². The number of piperidine rings is 1. The summed E-state index contributed by atoms with van der Waals surface area (Å²) in [6.45, 7) is 2.35. The highest BCUT2D eigenvalue weighted by atomic mass is 32.2. The molecular weight excluding hydrogens is 447 g/mol. The molecule has 1 saturated carbocycles. The van der Waals surface area contributed by atoms with Crippen LogP contribution in [0.2, 0.25) is 0 Å². The fraction of sp³-hybridized carbons (Fsp3) is 0.652. The first kappa shape index (κ1) is 23.9. The van der Waals surface area contributed by atoms with Crippen molar-refractivity contribution in [1.82, 2.24) is 19.4 Å². The number of nitrogens with zero attached hydrogens (tertiary/aromatic N) is 3. The number of carbonyl (C=O) groups excluding carboxylic acids is 2. The van der Waals surface area contributed by atoms with E-state index in [-0.39, 0.29) is 29.4 Å². The van der Waals surface area contributed by atoms with Gasteiger partial charge in [0.05, 0.1) is 10.8 Å². The number of hydrogen-bond donors (Lipinski definition) is 1. The van der Waals surface area contributed by atoms with Crippen LogP contribution in [0.1, 0.15) is 44.9 Å². The first-order valence-electron chi connectivity index (χ1n) is 11.9. The molecule has 3 aliphatic rings. The van der Waals surface area contributed by atoms with Crippen LogP contribution in [0.15, 0.2) is 29.2 Å². The van der Waals surface area contributed by atoms with E-state index in [4.69, 9.17) is 0 Å². The van der Waals surface area contributed by atoms with E-state index in [0.717, 1.165) is 37.8 Å². The number of piperazine rings is 1. The third-order valence-electron chi connectivity index (χ3n) is 7.00. The van der Waals surface area contributed by atoms with Gasteiger partial charge in [-0.3, -0.25) is 4.79 Å². The van der Waals surface area contributed by atoms with Gasteiger partial charge in [0.25, 0.3) is 0 Å². The van der Waals surface area contributed by atoms with Crippen LogP contribution in [-0.4, -0.2) is 79.8 Å². The van der Waals surface area contributed by atoms with Crippen molar-refractivity contribution in [2.24, 2.45) is 5.92 Å². The maximum atomic E-state index is 13.2. The van der Waals surface area contributed by atoms with Crippen molar-refractivity contribution in [2.45, 2.75) is 55.9 Å². The molecule has 0 bridgehead atoms. The molecule has 2 heterocycles. The largest absolute Gasteiger partial charge is 0.339 e. The van der Waals surface area contributed by atoms with Crippen molar-refractivity contribution < 1.29 is 22.4 Å². The van der Waals surface area contributed by atoms with E-state index in [9.17, 15) is 22.4 Å². The van der Waals surface area contributed by atoms with Crippen molar-refractivity contribution >= 4 is 22.0 Å². The lowest BCUT2D eigenvalue weighted by Crippen LogP contribution is -2.56. The van der Waals surface area contributed by atoms with Crippen molar-refractivity contribution in [3.8, 4) is 0 Å². The molecule has 1 aromatic carbocycles. The highest BCUT2D eigenvalue weighted by Gasteiger charge is 2.36. The Labute approximate surface area is 195 Å². The molecule has 2 aliphatic heterocycles. The summed E-state index contributed by atoms with van der Waals surface area (Å²) in [5.74, 6) is -0.954. The summed E-state index contributed by atoms with van der Waals surface area (Å²) in [4.78, 5) is 29.3. The second-order valence-corrected chi connectivity index (χ2v) is 11.2. The summed E-state index contributed by atoms with van der Waals surface area (Å²) in [5, 5.41) is 3.12. The Kier molecular flexibility index (Phi) is 7.53. The smallest absolute Gasteiger partial charge is 0.317 e. The summed E-state index contributed by atoms with van der Waals surface area (Å²) in [7, 11) is -3.78. The zero-order valence-corrected chi connectivity index (χ0v) is 19.7. The molecule has 2 saturated heterocycles. The number of rotatable bonds is 4. The van der Waals surface area contributed by atoms with Crippen LogP contribution in [-0.2, 0) is 14.8 Å². The molecule has 10 heteroatoms. The average molecular weight is 481 g/mol. The average Bonchev–Trinajstić information content (AvgIpc) is 2.84. The van der Waals surface area contributed by atoms with Gasteiger partial charge in [-0.2, -0.15) is 4.31 Å². The second-order valence-electron chi connectivity index (χ2n) is 9.25. The minimum absolute atomic E-state index is 0.0367. The number of halogens is 1. The van der Waals surface area contributed by atoms with Crippen LogP contribution in [0.5, 0.6) is 0 Å². The first-order chi connectivity index (χ1) is 15.8. The van der Waals surface area contributed by atoms with E-state index in [1.807, 2.05) is 0 Å². The summed E-state index contributed by atoms with van der Waals surface area (Å²) in [6, 6.07) is 4.97. The van der Waals surface area contributed by atoms with Crippen LogP contribution >= 0.6 is 0 Å². The van der Waals surface area contributed by atoms with E-state index in [0.29, 0.717) is 45.6 Å². The standard InChI is InChI=1S/C23H33FN4O4S/c24-19-8-10-21(11-9-19)33(31,32)28-12-4-5-18(17-28)22(29)26-13-15-27(16-14-26)23(30)25-20-6-2-1-3-7-20/h8-11,18,20H,1-7,12-17H2,(H,25,30). The fourth-order valence-corrected chi connectivity index (χ4v) is 6.54. The van der Waals surface area contributed by atoms with Crippen LogP contribution in [0.3, 0.4) is 0 Å². The van der Waals surface area contributed by atoms with Crippen molar-refractivity contribution in [3.05, 3.63) is 30.1 Å². The predicted octanol–water partition coefficient (Wildman–Crippen LogP) is 2.41. The third-order valence-corrected chi connectivity index (χ3v) is 8.88. The van der Waals surface area contributed by atoms with Gasteiger partial charge in [0.2, 0.25) is 15.9 Å². The molecule has 8 nitrogen and oxygen atoms in total. The molecule has 1 unspecified atom stereocenters. The molecule has 0 spiro atoms. The van der Waals surface area contributed by atoms with Gasteiger partial charge in [-0.1, -0.05) is 19.3 Å². The van der Waals surface area contributed by atoms with Crippen LogP contribution < -0.4 is 5.32 Å². The lowest BCUT2D eigenvalue weighted by molar-refractivity contribution is -0.138. The normalized spacial score (nSPS) is 23.4. The lowest BCUT2D eigenvalue weighted by atomic mass is 9.96. The molecule has 1 N–H and O–H groups in total. The lowest BCUT2D eigenvalue weighted by Gasteiger charge is -2.39. The van der Waals surface area contributed by atoms with Crippen LogP contribution in [0, 0.1) is 11.7 Å². The van der Waals surface area contributed by atoms with Gasteiger partial charge in [-0.05, 0) is 49.9 Å². The maximum Gasteiger partial charge on any atom is 0.317 e. The van der Waals surface area contributed by atoms with Gasteiger partial charge < -0.3 is 15.1 Å².